The van der Waals surface area contributed by atoms with Crippen LogP contribution in [-0.4, -0.2) is 54.5 Å². The number of benzene rings is 1. The van der Waals surface area contributed by atoms with Crippen molar-refractivity contribution in [3.63, 3.8) is 0 Å². The van der Waals surface area contributed by atoms with E-state index in [1.165, 1.54) is 0 Å². The number of ether oxygens (including phenoxy) is 1. The van der Waals surface area contributed by atoms with Crippen molar-refractivity contribution in [3.8, 4) is 0 Å². The van der Waals surface area contributed by atoms with Crippen LogP contribution in [0.4, 0.5) is 4.79 Å². The molecule has 2 aliphatic heterocycles. The van der Waals surface area contributed by atoms with Crippen LogP contribution in [0.5, 0.6) is 0 Å². The lowest BCUT2D eigenvalue weighted by Gasteiger charge is -2.33. The van der Waals surface area contributed by atoms with Gasteiger partial charge in [-0.05, 0) is 24.8 Å². The molecule has 3 rings (SSSR count). The number of nitrogens with two attached hydrogens (primary N) is 1. The molecule has 2 saturated heterocycles. The van der Waals surface area contributed by atoms with Crippen molar-refractivity contribution in [2.45, 2.75) is 24.9 Å². The maximum atomic E-state index is 13.2. The summed E-state index contributed by atoms with van der Waals surface area (Å²) < 4.78 is 5.96. The molecule has 2 fully saturated rings. The molecule has 23 heavy (non-hydrogen) atoms. The fourth-order valence-electron chi connectivity index (χ4n) is 3.46. The molecule has 3 amide bonds. The van der Waals surface area contributed by atoms with E-state index in [1.54, 1.807) is 4.90 Å². The van der Waals surface area contributed by atoms with Crippen molar-refractivity contribution in [3.05, 3.63) is 35.9 Å². The Balaban J connectivity index is 1.81. The largest absolute Gasteiger partial charge is 0.360 e. The second-order valence-electron chi connectivity index (χ2n) is 6.12. The van der Waals surface area contributed by atoms with Gasteiger partial charge in [0.1, 0.15) is 0 Å². The van der Waals surface area contributed by atoms with Crippen LogP contribution in [0.15, 0.2) is 30.3 Å². The second kappa shape index (κ2) is 6.58. The molecule has 2 aliphatic rings. The second-order valence-corrected chi connectivity index (χ2v) is 6.12. The highest BCUT2D eigenvalue weighted by atomic mass is 16.5. The Morgan fingerprint density at radius 2 is 1.70 bits per heavy atom. The fraction of sp³-hybridized carbons (Fsp3) is 0.529. The van der Waals surface area contributed by atoms with Crippen LogP contribution in [0, 0.1) is 0 Å². The molecule has 2 N–H and O–H groups in total. The first-order valence-electron chi connectivity index (χ1n) is 8.17. The predicted octanol–water partition coefficient (Wildman–Crippen LogP) is 1.31. The Morgan fingerprint density at radius 1 is 1.00 bits per heavy atom. The minimum Gasteiger partial charge on any atom is -0.360 e. The first-order valence-corrected chi connectivity index (χ1v) is 8.17. The third-order valence-electron chi connectivity index (χ3n) is 4.70. The Bertz CT molecular complexity index is 570. The molecule has 0 aromatic heterocycles. The molecular formula is C17H23N3O3. The van der Waals surface area contributed by atoms with E-state index in [0.717, 1.165) is 18.4 Å². The van der Waals surface area contributed by atoms with E-state index in [-0.39, 0.29) is 5.91 Å². The fourth-order valence-corrected chi connectivity index (χ4v) is 3.46. The highest BCUT2D eigenvalue weighted by molar-refractivity contribution is 5.87. The number of urea groups is 1. The zero-order valence-corrected chi connectivity index (χ0v) is 13.2. The van der Waals surface area contributed by atoms with Gasteiger partial charge >= 0.3 is 6.03 Å². The number of carbonyl (C=O) groups excluding carboxylic acids is 2. The Kier molecular flexibility index (Phi) is 4.52. The Morgan fingerprint density at radius 3 is 2.35 bits per heavy atom. The molecule has 1 atom stereocenters. The van der Waals surface area contributed by atoms with Gasteiger partial charge < -0.3 is 20.3 Å². The summed E-state index contributed by atoms with van der Waals surface area (Å²) in [7, 11) is 0. The summed E-state index contributed by atoms with van der Waals surface area (Å²) >= 11 is 0. The number of carbonyl (C=O) groups is 2. The van der Waals surface area contributed by atoms with Gasteiger partial charge in [-0.25, -0.2) is 4.79 Å². The third kappa shape index (κ3) is 3.03. The first kappa shape index (κ1) is 15.8. The minimum atomic E-state index is -0.872. The van der Waals surface area contributed by atoms with E-state index in [1.807, 2.05) is 35.2 Å². The summed E-state index contributed by atoms with van der Waals surface area (Å²) in [6, 6.07) is 9.29. The smallest absolute Gasteiger partial charge is 0.314 e. The summed E-state index contributed by atoms with van der Waals surface area (Å²) in [5, 5.41) is 0. The van der Waals surface area contributed by atoms with Crippen LogP contribution in [-0.2, 0) is 15.1 Å². The van der Waals surface area contributed by atoms with Crippen LogP contribution in [0.25, 0.3) is 0 Å². The minimum absolute atomic E-state index is 0.00696. The van der Waals surface area contributed by atoms with Gasteiger partial charge in [0.05, 0.1) is 0 Å². The normalized spacial score (nSPS) is 25.2. The highest BCUT2D eigenvalue weighted by Gasteiger charge is 2.46. The number of nitrogens with zero attached hydrogens (tertiary/aromatic N) is 2. The van der Waals surface area contributed by atoms with E-state index in [0.29, 0.717) is 39.2 Å². The van der Waals surface area contributed by atoms with Crippen molar-refractivity contribution >= 4 is 11.9 Å². The number of rotatable bonds is 2. The maximum absolute atomic E-state index is 13.2. The zero-order chi connectivity index (χ0) is 16.3. The Labute approximate surface area is 136 Å². The molecule has 124 valence electrons. The van der Waals surface area contributed by atoms with E-state index >= 15 is 0 Å². The van der Waals surface area contributed by atoms with Crippen LogP contribution in [0.1, 0.15) is 24.8 Å². The van der Waals surface area contributed by atoms with E-state index in [9.17, 15) is 9.59 Å². The quantitative estimate of drug-likeness (QED) is 0.893. The highest BCUT2D eigenvalue weighted by Crippen LogP contribution is 2.38. The van der Waals surface area contributed by atoms with Crippen molar-refractivity contribution < 1.29 is 14.3 Å². The molecule has 0 radical (unpaired) electrons. The summed E-state index contributed by atoms with van der Waals surface area (Å²) in [6.07, 6.45) is 2.31. The summed E-state index contributed by atoms with van der Waals surface area (Å²) in [4.78, 5) is 28.0. The van der Waals surface area contributed by atoms with Gasteiger partial charge in [-0.3, -0.25) is 4.79 Å². The summed E-state index contributed by atoms with van der Waals surface area (Å²) in [5.41, 5.74) is 5.40. The van der Waals surface area contributed by atoms with Gasteiger partial charge in [0.2, 0.25) is 0 Å². The van der Waals surface area contributed by atoms with E-state index < -0.39 is 11.6 Å². The third-order valence-corrected chi connectivity index (χ3v) is 4.70. The van der Waals surface area contributed by atoms with Gasteiger partial charge in [-0.15, -0.1) is 0 Å². The standard InChI is InChI=1S/C17H23N3O3/c18-16(22)20-10-5-9-19(11-12-20)15(21)17(8-4-13-23-17)14-6-2-1-3-7-14/h1-3,6-7H,4-5,8-13H2,(H2,18,22). The number of amides is 3. The first-order chi connectivity index (χ1) is 11.1. The van der Waals surface area contributed by atoms with Crippen molar-refractivity contribution in [2.24, 2.45) is 5.73 Å². The van der Waals surface area contributed by atoms with Gasteiger partial charge in [0, 0.05) is 32.8 Å². The van der Waals surface area contributed by atoms with Crippen molar-refractivity contribution in [2.75, 3.05) is 32.8 Å². The maximum Gasteiger partial charge on any atom is 0.314 e. The predicted molar refractivity (Wildman–Crippen MR) is 85.7 cm³/mol. The molecule has 6 nitrogen and oxygen atoms in total. The number of hydrogen-bond donors (Lipinski definition) is 1. The van der Waals surface area contributed by atoms with Crippen LogP contribution in [0.2, 0.25) is 0 Å². The molecule has 0 bridgehead atoms. The monoisotopic (exact) mass is 317 g/mol. The summed E-state index contributed by atoms with van der Waals surface area (Å²) in [6.45, 7) is 2.80. The van der Waals surface area contributed by atoms with Crippen molar-refractivity contribution in [1.82, 2.24) is 9.80 Å². The zero-order valence-electron chi connectivity index (χ0n) is 13.2. The Hall–Kier alpha value is -2.08. The average Bonchev–Trinajstić information content (AvgIpc) is 2.94. The number of hydrogen-bond acceptors (Lipinski definition) is 3. The van der Waals surface area contributed by atoms with Gasteiger partial charge in [-0.1, -0.05) is 30.3 Å². The molecule has 0 spiro atoms. The van der Waals surface area contributed by atoms with Crippen LogP contribution in [0.3, 0.4) is 0 Å². The van der Waals surface area contributed by atoms with E-state index in [4.69, 9.17) is 10.5 Å². The molecule has 1 unspecified atom stereocenters. The molecule has 2 heterocycles. The topological polar surface area (TPSA) is 75.9 Å². The van der Waals surface area contributed by atoms with Crippen LogP contribution < -0.4 is 5.73 Å². The lowest BCUT2D eigenvalue weighted by Crippen LogP contribution is -2.48. The van der Waals surface area contributed by atoms with Gasteiger partial charge in [0.25, 0.3) is 5.91 Å². The molecule has 0 aliphatic carbocycles. The van der Waals surface area contributed by atoms with Crippen LogP contribution >= 0.6 is 0 Å². The molecule has 6 heteroatoms. The van der Waals surface area contributed by atoms with Gasteiger partial charge in [-0.2, -0.15) is 0 Å². The SMILES string of the molecule is NC(=O)N1CCCN(C(=O)C2(c3ccccc3)CCCO2)CC1. The molecule has 1 aromatic carbocycles. The molecular weight excluding hydrogens is 294 g/mol. The average molecular weight is 317 g/mol. The molecule has 0 saturated carbocycles. The van der Waals surface area contributed by atoms with E-state index in [2.05, 4.69) is 0 Å². The lowest BCUT2D eigenvalue weighted by atomic mass is 9.89. The summed E-state index contributed by atoms with van der Waals surface area (Å²) in [5.74, 6) is 0.00696. The number of primary amides is 1. The molecule has 1 aromatic rings. The lowest BCUT2D eigenvalue weighted by molar-refractivity contribution is -0.154. The van der Waals surface area contributed by atoms with Crippen molar-refractivity contribution in [1.29, 1.82) is 0 Å². The van der Waals surface area contributed by atoms with Gasteiger partial charge in [0.15, 0.2) is 5.60 Å².